The standard InChI is InChI=1S/C19H22N4O/c1-12-7-5-6-8-18(12)23-13(2)9-16(15(23)4)19(24)20-10-17-14(3)21-11-22-17/h5-9,11H,10H2,1-4H3,(H,20,24)(H,21,22). The van der Waals surface area contributed by atoms with Crippen LogP contribution in [0.5, 0.6) is 0 Å². The van der Waals surface area contributed by atoms with Gasteiger partial charge in [0.2, 0.25) is 0 Å². The van der Waals surface area contributed by atoms with Crippen molar-refractivity contribution in [2.24, 2.45) is 0 Å². The van der Waals surface area contributed by atoms with Crippen molar-refractivity contribution < 1.29 is 4.79 Å². The number of benzene rings is 1. The minimum Gasteiger partial charge on any atom is -0.348 e. The minimum atomic E-state index is -0.0784. The zero-order chi connectivity index (χ0) is 17.3. The molecule has 0 saturated carbocycles. The molecule has 3 rings (SSSR count). The maximum absolute atomic E-state index is 12.6. The number of hydrogen-bond acceptors (Lipinski definition) is 2. The first-order valence-corrected chi connectivity index (χ1v) is 8.01. The lowest BCUT2D eigenvalue weighted by Gasteiger charge is -2.12. The molecule has 2 N–H and O–H groups in total. The van der Waals surface area contributed by atoms with Crippen molar-refractivity contribution in [2.45, 2.75) is 34.2 Å². The molecular weight excluding hydrogens is 300 g/mol. The van der Waals surface area contributed by atoms with E-state index < -0.39 is 0 Å². The quantitative estimate of drug-likeness (QED) is 0.773. The second-order valence-electron chi connectivity index (χ2n) is 6.06. The summed E-state index contributed by atoms with van der Waals surface area (Å²) in [5.74, 6) is -0.0784. The van der Waals surface area contributed by atoms with Gasteiger partial charge in [0.05, 0.1) is 24.1 Å². The molecular formula is C19H22N4O. The minimum absolute atomic E-state index is 0.0784. The Hall–Kier alpha value is -2.82. The average molecular weight is 322 g/mol. The van der Waals surface area contributed by atoms with Gasteiger partial charge in [0, 0.05) is 22.8 Å². The third-order valence-corrected chi connectivity index (χ3v) is 4.38. The first-order chi connectivity index (χ1) is 11.5. The molecule has 0 bridgehead atoms. The Morgan fingerprint density at radius 1 is 1.21 bits per heavy atom. The number of H-pyrrole nitrogens is 1. The summed E-state index contributed by atoms with van der Waals surface area (Å²) in [6.07, 6.45) is 1.64. The second-order valence-corrected chi connectivity index (χ2v) is 6.06. The average Bonchev–Trinajstić information content (AvgIpc) is 3.09. The van der Waals surface area contributed by atoms with E-state index in [1.165, 1.54) is 5.56 Å². The number of carbonyl (C=O) groups excluding carboxylic acids is 1. The van der Waals surface area contributed by atoms with Gasteiger partial charge in [-0.05, 0) is 45.4 Å². The number of nitrogens with one attached hydrogen (secondary N) is 2. The van der Waals surface area contributed by atoms with Gasteiger partial charge in [0.25, 0.3) is 5.91 Å². The van der Waals surface area contributed by atoms with E-state index in [9.17, 15) is 4.79 Å². The molecule has 0 fully saturated rings. The normalized spacial score (nSPS) is 10.8. The van der Waals surface area contributed by atoms with Crippen LogP contribution < -0.4 is 5.32 Å². The summed E-state index contributed by atoms with van der Waals surface area (Å²) in [6.45, 7) is 8.44. The highest BCUT2D eigenvalue weighted by atomic mass is 16.1. The van der Waals surface area contributed by atoms with Crippen molar-refractivity contribution in [3.63, 3.8) is 0 Å². The number of aromatic amines is 1. The molecule has 124 valence electrons. The van der Waals surface area contributed by atoms with Gasteiger partial charge >= 0.3 is 0 Å². The summed E-state index contributed by atoms with van der Waals surface area (Å²) in [5.41, 5.74) is 6.80. The zero-order valence-electron chi connectivity index (χ0n) is 14.5. The molecule has 0 radical (unpaired) electrons. The maximum atomic E-state index is 12.6. The van der Waals surface area contributed by atoms with Crippen LogP contribution in [0.2, 0.25) is 0 Å². The summed E-state index contributed by atoms with van der Waals surface area (Å²) in [5, 5.41) is 2.95. The third-order valence-electron chi connectivity index (χ3n) is 4.38. The number of nitrogens with zero attached hydrogens (tertiary/aromatic N) is 2. The first-order valence-electron chi connectivity index (χ1n) is 8.01. The van der Waals surface area contributed by atoms with Gasteiger partial charge in [-0.3, -0.25) is 4.79 Å². The lowest BCUT2D eigenvalue weighted by molar-refractivity contribution is 0.0950. The van der Waals surface area contributed by atoms with Gasteiger partial charge in [0.15, 0.2) is 0 Å². The van der Waals surface area contributed by atoms with E-state index in [4.69, 9.17) is 0 Å². The number of aryl methyl sites for hydroxylation is 3. The summed E-state index contributed by atoms with van der Waals surface area (Å²) < 4.78 is 2.13. The summed E-state index contributed by atoms with van der Waals surface area (Å²) in [7, 11) is 0. The van der Waals surface area contributed by atoms with E-state index in [0.29, 0.717) is 12.1 Å². The molecule has 2 heterocycles. The molecule has 2 aromatic heterocycles. The van der Waals surface area contributed by atoms with Crippen LogP contribution in [-0.2, 0) is 6.54 Å². The topological polar surface area (TPSA) is 62.7 Å². The fourth-order valence-electron chi connectivity index (χ4n) is 3.00. The van der Waals surface area contributed by atoms with E-state index in [0.717, 1.165) is 28.5 Å². The zero-order valence-corrected chi connectivity index (χ0v) is 14.5. The fourth-order valence-corrected chi connectivity index (χ4v) is 3.00. The SMILES string of the molecule is Cc1ccccc1-n1c(C)cc(C(=O)NCc2nc[nH]c2C)c1C. The highest BCUT2D eigenvalue weighted by Gasteiger charge is 2.17. The molecule has 24 heavy (non-hydrogen) atoms. The van der Waals surface area contributed by atoms with Gasteiger partial charge in [-0.2, -0.15) is 0 Å². The predicted octanol–water partition coefficient (Wildman–Crippen LogP) is 3.36. The van der Waals surface area contributed by atoms with Crippen molar-refractivity contribution in [1.29, 1.82) is 0 Å². The van der Waals surface area contributed by atoms with E-state index in [1.807, 2.05) is 39.0 Å². The number of amides is 1. The second kappa shape index (κ2) is 6.35. The Balaban J connectivity index is 1.87. The highest BCUT2D eigenvalue weighted by molar-refractivity contribution is 5.95. The number of imidazole rings is 1. The van der Waals surface area contributed by atoms with Crippen molar-refractivity contribution in [3.8, 4) is 5.69 Å². The molecule has 1 aromatic carbocycles. The number of aromatic nitrogens is 3. The summed E-state index contributed by atoms with van der Waals surface area (Å²) >= 11 is 0. The molecule has 5 heteroatoms. The molecule has 3 aromatic rings. The molecule has 0 atom stereocenters. The van der Waals surface area contributed by atoms with Gasteiger partial charge in [-0.15, -0.1) is 0 Å². The summed E-state index contributed by atoms with van der Waals surface area (Å²) in [4.78, 5) is 19.8. The van der Waals surface area contributed by atoms with Crippen LogP contribution in [0.3, 0.4) is 0 Å². The van der Waals surface area contributed by atoms with Gasteiger partial charge in [-0.25, -0.2) is 4.98 Å². The van der Waals surface area contributed by atoms with Crippen molar-refractivity contribution in [2.75, 3.05) is 0 Å². The molecule has 1 amide bonds. The van der Waals surface area contributed by atoms with Gasteiger partial charge in [0.1, 0.15) is 0 Å². The Morgan fingerprint density at radius 2 is 1.96 bits per heavy atom. The molecule has 0 aliphatic rings. The molecule has 0 unspecified atom stereocenters. The molecule has 0 aliphatic heterocycles. The van der Waals surface area contributed by atoms with Crippen LogP contribution in [0.15, 0.2) is 36.7 Å². The van der Waals surface area contributed by atoms with Gasteiger partial charge < -0.3 is 14.9 Å². The molecule has 0 saturated heterocycles. The number of hydrogen-bond donors (Lipinski definition) is 2. The Labute approximate surface area is 141 Å². The monoisotopic (exact) mass is 322 g/mol. The number of para-hydroxylation sites is 1. The largest absolute Gasteiger partial charge is 0.348 e. The van der Waals surface area contributed by atoms with Crippen molar-refractivity contribution in [1.82, 2.24) is 19.9 Å². The highest BCUT2D eigenvalue weighted by Crippen LogP contribution is 2.23. The maximum Gasteiger partial charge on any atom is 0.253 e. The molecule has 0 spiro atoms. The van der Waals surface area contributed by atoms with Crippen molar-refractivity contribution in [3.05, 3.63) is 70.6 Å². The predicted molar refractivity (Wildman–Crippen MR) is 94.5 cm³/mol. The number of carbonyl (C=O) groups is 1. The van der Waals surface area contributed by atoms with Crippen LogP contribution in [0.1, 0.15) is 38.7 Å². The first kappa shape index (κ1) is 16.1. The third kappa shape index (κ3) is 2.85. The summed E-state index contributed by atoms with van der Waals surface area (Å²) in [6, 6.07) is 10.1. The lowest BCUT2D eigenvalue weighted by atomic mass is 10.2. The lowest BCUT2D eigenvalue weighted by Crippen LogP contribution is -2.24. The Morgan fingerprint density at radius 3 is 2.62 bits per heavy atom. The molecule has 5 nitrogen and oxygen atoms in total. The Bertz CT molecular complexity index is 889. The van der Waals surface area contributed by atoms with Gasteiger partial charge in [-0.1, -0.05) is 18.2 Å². The van der Waals surface area contributed by atoms with E-state index in [1.54, 1.807) is 6.33 Å². The van der Waals surface area contributed by atoms with Crippen LogP contribution in [0, 0.1) is 27.7 Å². The van der Waals surface area contributed by atoms with Crippen LogP contribution in [-0.4, -0.2) is 20.4 Å². The van der Waals surface area contributed by atoms with Crippen molar-refractivity contribution >= 4 is 5.91 Å². The number of rotatable bonds is 4. The van der Waals surface area contributed by atoms with Crippen LogP contribution in [0.25, 0.3) is 5.69 Å². The smallest absolute Gasteiger partial charge is 0.253 e. The molecule has 0 aliphatic carbocycles. The van der Waals surface area contributed by atoms with E-state index in [-0.39, 0.29) is 5.91 Å². The van der Waals surface area contributed by atoms with Crippen LogP contribution >= 0.6 is 0 Å². The fraction of sp³-hybridized carbons (Fsp3) is 0.263. The van der Waals surface area contributed by atoms with E-state index >= 15 is 0 Å². The Kier molecular flexibility index (Phi) is 4.25. The van der Waals surface area contributed by atoms with E-state index in [2.05, 4.69) is 38.9 Å². The van der Waals surface area contributed by atoms with Crippen LogP contribution in [0.4, 0.5) is 0 Å².